The lowest BCUT2D eigenvalue weighted by Gasteiger charge is -2.33. The van der Waals surface area contributed by atoms with Gasteiger partial charge in [-0.15, -0.1) is 0 Å². The Hall–Kier alpha value is -0.680. The molecule has 0 radical (unpaired) electrons. The predicted molar refractivity (Wildman–Crippen MR) is 56.2 cm³/mol. The van der Waals surface area contributed by atoms with Crippen molar-refractivity contribution in [1.29, 1.82) is 0 Å². The van der Waals surface area contributed by atoms with Gasteiger partial charge in [0, 0.05) is 30.7 Å². The molecule has 0 atom stereocenters. The summed E-state index contributed by atoms with van der Waals surface area (Å²) in [5.74, 6) is 0.819. The van der Waals surface area contributed by atoms with Crippen molar-refractivity contribution < 1.29 is 0 Å². The highest BCUT2D eigenvalue weighted by atomic mass is 32.1. The fraction of sp³-hybridized carbons (Fsp3) is 0.750. The first-order valence-electron chi connectivity index (χ1n) is 4.21. The van der Waals surface area contributed by atoms with E-state index in [0.717, 1.165) is 11.0 Å². The Kier molecular flexibility index (Phi) is 2.87. The molecule has 0 saturated heterocycles. The van der Waals surface area contributed by atoms with E-state index in [0.29, 0.717) is 6.54 Å². The SMILES string of the molecule is Cc1nsc(N(C)C(C)(C)CN)n1. The minimum Gasteiger partial charge on any atom is -0.344 e. The van der Waals surface area contributed by atoms with Crippen molar-refractivity contribution in [2.24, 2.45) is 5.73 Å². The van der Waals surface area contributed by atoms with Crippen LogP contribution in [-0.4, -0.2) is 28.5 Å². The second kappa shape index (κ2) is 3.59. The van der Waals surface area contributed by atoms with Gasteiger partial charge in [-0.3, -0.25) is 0 Å². The van der Waals surface area contributed by atoms with Crippen LogP contribution in [0.1, 0.15) is 19.7 Å². The summed E-state index contributed by atoms with van der Waals surface area (Å²) in [7, 11) is 1.99. The number of hydrogen-bond donors (Lipinski definition) is 1. The van der Waals surface area contributed by atoms with Crippen LogP contribution in [0, 0.1) is 6.92 Å². The Morgan fingerprint density at radius 3 is 2.54 bits per heavy atom. The van der Waals surface area contributed by atoms with E-state index in [4.69, 9.17) is 5.73 Å². The highest BCUT2D eigenvalue weighted by Gasteiger charge is 2.24. The Bertz CT molecular complexity index is 281. The molecule has 0 aliphatic carbocycles. The first-order chi connectivity index (χ1) is 5.97. The van der Waals surface area contributed by atoms with E-state index in [1.807, 2.05) is 14.0 Å². The van der Waals surface area contributed by atoms with Crippen LogP contribution < -0.4 is 10.6 Å². The zero-order chi connectivity index (χ0) is 10.1. The van der Waals surface area contributed by atoms with Gasteiger partial charge in [-0.05, 0) is 20.8 Å². The summed E-state index contributed by atoms with van der Waals surface area (Å²) in [5, 5.41) is 0.924. The van der Waals surface area contributed by atoms with Crippen molar-refractivity contribution in [3.63, 3.8) is 0 Å². The van der Waals surface area contributed by atoms with Gasteiger partial charge in [0.15, 0.2) is 0 Å². The molecule has 1 aromatic rings. The van der Waals surface area contributed by atoms with Crippen LogP contribution in [0.5, 0.6) is 0 Å². The molecule has 0 amide bonds. The lowest BCUT2D eigenvalue weighted by Crippen LogP contribution is -2.47. The van der Waals surface area contributed by atoms with Crippen LogP contribution in [0.25, 0.3) is 0 Å². The van der Waals surface area contributed by atoms with Crippen molar-refractivity contribution in [1.82, 2.24) is 9.36 Å². The van der Waals surface area contributed by atoms with Gasteiger partial charge in [-0.1, -0.05) is 0 Å². The Labute approximate surface area is 82.9 Å². The largest absolute Gasteiger partial charge is 0.344 e. The molecule has 4 nitrogen and oxygen atoms in total. The molecule has 0 aromatic carbocycles. The highest BCUT2D eigenvalue weighted by molar-refractivity contribution is 7.09. The van der Waals surface area contributed by atoms with Gasteiger partial charge in [-0.25, -0.2) is 4.98 Å². The van der Waals surface area contributed by atoms with Crippen molar-refractivity contribution >= 4 is 16.7 Å². The van der Waals surface area contributed by atoms with Crippen LogP contribution in [0.15, 0.2) is 0 Å². The number of rotatable bonds is 3. The number of anilines is 1. The molecular weight excluding hydrogens is 184 g/mol. The van der Waals surface area contributed by atoms with Crippen LogP contribution in [0.3, 0.4) is 0 Å². The molecule has 1 heterocycles. The number of nitrogens with zero attached hydrogens (tertiary/aromatic N) is 3. The monoisotopic (exact) mass is 200 g/mol. The number of aromatic nitrogens is 2. The van der Waals surface area contributed by atoms with Crippen molar-refractivity contribution in [3.8, 4) is 0 Å². The van der Waals surface area contributed by atoms with E-state index in [9.17, 15) is 0 Å². The van der Waals surface area contributed by atoms with Crippen molar-refractivity contribution in [2.45, 2.75) is 26.3 Å². The lowest BCUT2D eigenvalue weighted by atomic mass is 10.1. The smallest absolute Gasteiger partial charge is 0.205 e. The number of likely N-dealkylation sites (N-methyl/N-ethyl adjacent to an activating group) is 1. The quantitative estimate of drug-likeness (QED) is 0.791. The summed E-state index contributed by atoms with van der Waals surface area (Å²) >= 11 is 1.41. The first-order valence-corrected chi connectivity index (χ1v) is 4.99. The molecule has 1 aromatic heterocycles. The van der Waals surface area contributed by atoms with Gasteiger partial charge >= 0.3 is 0 Å². The maximum atomic E-state index is 5.67. The standard InChI is InChI=1S/C8H16N4S/c1-6-10-7(13-11-6)12(4)8(2,3)5-9/h5,9H2,1-4H3. The minimum atomic E-state index is -0.0635. The summed E-state index contributed by atoms with van der Waals surface area (Å²) in [5.41, 5.74) is 5.60. The van der Waals surface area contributed by atoms with Crippen molar-refractivity contribution in [3.05, 3.63) is 5.82 Å². The molecule has 13 heavy (non-hydrogen) atoms. The van der Waals surface area contributed by atoms with Crippen LogP contribution in [0.2, 0.25) is 0 Å². The summed E-state index contributed by atoms with van der Waals surface area (Å²) in [6, 6.07) is 0. The fourth-order valence-corrected chi connectivity index (χ4v) is 1.62. The molecule has 0 saturated carbocycles. The molecule has 0 fully saturated rings. The molecule has 74 valence electrons. The van der Waals surface area contributed by atoms with Gasteiger partial charge in [0.05, 0.1) is 0 Å². The number of aryl methyl sites for hydroxylation is 1. The molecule has 5 heteroatoms. The van der Waals surface area contributed by atoms with Gasteiger partial charge in [0.2, 0.25) is 5.13 Å². The topological polar surface area (TPSA) is 55.0 Å². The van der Waals surface area contributed by atoms with E-state index in [1.54, 1.807) is 0 Å². The van der Waals surface area contributed by atoms with Gasteiger partial charge in [0.1, 0.15) is 5.82 Å². The first kappa shape index (κ1) is 10.4. The predicted octanol–water partition coefficient (Wildman–Crippen LogP) is 1.02. The summed E-state index contributed by atoms with van der Waals surface area (Å²) in [6.45, 7) is 6.67. The van der Waals surface area contributed by atoms with Crippen LogP contribution in [0.4, 0.5) is 5.13 Å². The summed E-state index contributed by atoms with van der Waals surface area (Å²) in [4.78, 5) is 6.37. The molecular formula is C8H16N4S. The van der Waals surface area contributed by atoms with E-state index in [1.165, 1.54) is 11.5 Å². The van der Waals surface area contributed by atoms with Crippen molar-refractivity contribution in [2.75, 3.05) is 18.5 Å². The second-order valence-electron chi connectivity index (χ2n) is 3.70. The third-order valence-electron chi connectivity index (χ3n) is 2.21. The van der Waals surface area contributed by atoms with Gasteiger partial charge < -0.3 is 10.6 Å². The lowest BCUT2D eigenvalue weighted by molar-refractivity contribution is 0.497. The fourth-order valence-electron chi connectivity index (χ4n) is 0.818. The molecule has 0 unspecified atom stereocenters. The normalized spacial score (nSPS) is 11.8. The second-order valence-corrected chi connectivity index (χ2v) is 4.43. The average Bonchev–Trinajstić information content (AvgIpc) is 2.50. The third kappa shape index (κ3) is 2.16. The minimum absolute atomic E-state index is 0.0635. The maximum Gasteiger partial charge on any atom is 0.205 e. The molecule has 2 N–H and O–H groups in total. The Morgan fingerprint density at radius 1 is 1.54 bits per heavy atom. The van der Waals surface area contributed by atoms with Crippen LogP contribution >= 0.6 is 11.5 Å². The van der Waals surface area contributed by atoms with E-state index in [-0.39, 0.29) is 5.54 Å². The number of nitrogens with two attached hydrogens (primary N) is 1. The van der Waals surface area contributed by atoms with Crippen LogP contribution in [-0.2, 0) is 0 Å². The molecule has 0 aliphatic rings. The Balaban J connectivity index is 2.84. The molecule has 1 rings (SSSR count). The van der Waals surface area contributed by atoms with Gasteiger partial charge in [-0.2, -0.15) is 4.37 Å². The van der Waals surface area contributed by atoms with Gasteiger partial charge in [0.25, 0.3) is 0 Å². The molecule has 0 aliphatic heterocycles. The summed E-state index contributed by atoms with van der Waals surface area (Å²) < 4.78 is 4.13. The zero-order valence-corrected chi connectivity index (χ0v) is 9.35. The third-order valence-corrected chi connectivity index (χ3v) is 3.10. The maximum absolute atomic E-state index is 5.67. The molecule has 0 spiro atoms. The summed E-state index contributed by atoms with van der Waals surface area (Å²) in [6.07, 6.45) is 0. The zero-order valence-electron chi connectivity index (χ0n) is 8.53. The average molecular weight is 200 g/mol. The molecule has 0 bridgehead atoms. The number of hydrogen-bond acceptors (Lipinski definition) is 5. The van der Waals surface area contributed by atoms with E-state index < -0.39 is 0 Å². The van der Waals surface area contributed by atoms with E-state index >= 15 is 0 Å². The Morgan fingerprint density at radius 2 is 2.15 bits per heavy atom. The van der Waals surface area contributed by atoms with E-state index in [2.05, 4.69) is 28.1 Å². The highest BCUT2D eigenvalue weighted by Crippen LogP contribution is 2.22.